The quantitative estimate of drug-likeness (QED) is 0.677. The molecule has 2 amide bonds. The number of hydrogen-bond acceptors (Lipinski definition) is 4. The van der Waals surface area contributed by atoms with Crippen LogP contribution < -0.4 is 15.4 Å². The summed E-state index contributed by atoms with van der Waals surface area (Å²) in [6, 6.07) is 9.43. The van der Waals surface area contributed by atoms with Crippen molar-refractivity contribution in [3.63, 3.8) is 0 Å². The number of methoxy groups -OCH3 is 1. The molecule has 0 bridgehead atoms. The molecule has 29 heavy (non-hydrogen) atoms. The normalized spacial score (nSPS) is 10.3. The first-order valence-corrected chi connectivity index (χ1v) is 8.55. The molecule has 0 unspecified atom stereocenters. The number of nitrogens with zero attached hydrogens (tertiary/aromatic N) is 1. The number of rotatable bonds is 5. The fourth-order valence-corrected chi connectivity index (χ4v) is 2.59. The zero-order valence-electron chi connectivity index (χ0n) is 15.6. The maximum Gasteiger partial charge on any atom is 0.257 e. The highest BCUT2D eigenvalue weighted by Crippen LogP contribution is 2.25. The minimum atomic E-state index is -0.910. The molecular weight excluding hydrogens is 380 g/mol. The molecule has 148 valence electrons. The van der Waals surface area contributed by atoms with Gasteiger partial charge >= 0.3 is 0 Å². The maximum atomic E-state index is 13.7. The van der Waals surface area contributed by atoms with Gasteiger partial charge in [-0.3, -0.25) is 14.6 Å². The number of amides is 2. The predicted octanol–water partition coefficient (Wildman–Crippen LogP) is 4.18. The Morgan fingerprint density at radius 3 is 2.17 bits per heavy atom. The number of benzene rings is 2. The SMILES string of the molecule is COc1ccc(C)cc1NC(=O)c1cncc(C(=O)Nc2ccc(F)cc2F)c1. The lowest BCUT2D eigenvalue weighted by Gasteiger charge is -2.11. The van der Waals surface area contributed by atoms with Crippen molar-refractivity contribution in [3.05, 3.63) is 83.2 Å². The van der Waals surface area contributed by atoms with Gasteiger partial charge in [0, 0.05) is 18.5 Å². The highest BCUT2D eigenvalue weighted by Gasteiger charge is 2.15. The Bertz CT molecular complexity index is 1090. The Labute approximate surface area is 165 Å². The Hall–Kier alpha value is -3.81. The summed E-state index contributed by atoms with van der Waals surface area (Å²) < 4.78 is 32.0. The third-order valence-electron chi connectivity index (χ3n) is 4.05. The minimum Gasteiger partial charge on any atom is -0.495 e. The number of pyridine rings is 1. The van der Waals surface area contributed by atoms with Crippen molar-refractivity contribution in [1.29, 1.82) is 0 Å². The molecule has 0 aliphatic rings. The fourth-order valence-electron chi connectivity index (χ4n) is 2.59. The first-order chi connectivity index (χ1) is 13.9. The third-order valence-corrected chi connectivity index (χ3v) is 4.05. The van der Waals surface area contributed by atoms with Crippen LogP contribution in [0, 0.1) is 18.6 Å². The summed E-state index contributed by atoms with van der Waals surface area (Å²) in [5.74, 6) is -2.37. The summed E-state index contributed by atoms with van der Waals surface area (Å²) in [4.78, 5) is 28.8. The summed E-state index contributed by atoms with van der Waals surface area (Å²) in [6.45, 7) is 1.87. The Kier molecular flexibility index (Phi) is 5.82. The number of hydrogen-bond donors (Lipinski definition) is 2. The van der Waals surface area contributed by atoms with Gasteiger partial charge in [0.05, 0.1) is 29.6 Å². The lowest BCUT2D eigenvalue weighted by molar-refractivity contribution is 0.102. The van der Waals surface area contributed by atoms with E-state index in [1.165, 1.54) is 25.6 Å². The molecular formula is C21H17F2N3O3. The Balaban J connectivity index is 1.79. The van der Waals surface area contributed by atoms with E-state index in [-0.39, 0.29) is 16.8 Å². The van der Waals surface area contributed by atoms with Crippen LogP contribution in [-0.4, -0.2) is 23.9 Å². The zero-order chi connectivity index (χ0) is 21.0. The van der Waals surface area contributed by atoms with Gasteiger partial charge in [-0.2, -0.15) is 0 Å². The van der Waals surface area contributed by atoms with E-state index in [0.717, 1.165) is 17.7 Å². The first kappa shape index (κ1) is 19.9. The van der Waals surface area contributed by atoms with Crippen molar-refractivity contribution in [2.45, 2.75) is 6.92 Å². The lowest BCUT2D eigenvalue weighted by Crippen LogP contribution is -2.17. The van der Waals surface area contributed by atoms with Crippen LogP contribution in [0.5, 0.6) is 5.75 Å². The maximum absolute atomic E-state index is 13.7. The molecule has 0 spiro atoms. The van der Waals surface area contributed by atoms with E-state index in [2.05, 4.69) is 15.6 Å². The van der Waals surface area contributed by atoms with Crippen molar-refractivity contribution in [2.75, 3.05) is 17.7 Å². The van der Waals surface area contributed by atoms with Crippen molar-refractivity contribution >= 4 is 23.2 Å². The average molecular weight is 397 g/mol. The molecule has 0 saturated heterocycles. The van der Waals surface area contributed by atoms with Crippen molar-refractivity contribution in [1.82, 2.24) is 4.98 Å². The van der Waals surface area contributed by atoms with Crippen LogP contribution in [0.3, 0.4) is 0 Å². The topological polar surface area (TPSA) is 80.3 Å². The van der Waals surface area contributed by atoms with Gasteiger partial charge in [0.2, 0.25) is 0 Å². The highest BCUT2D eigenvalue weighted by molar-refractivity contribution is 6.08. The van der Waals surface area contributed by atoms with Crippen molar-refractivity contribution < 1.29 is 23.1 Å². The van der Waals surface area contributed by atoms with Crippen LogP contribution in [-0.2, 0) is 0 Å². The molecule has 3 aromatic rings. The number of ether oxygens (including phenoxy) is 1. The van der Waals surface area contributed by atoms with Crippen LogP contribution in [0.1, 0.15) is 26.3 Å². The standard InChI is InChI=1S/C21H17F2N3O3/c1-12-3-6-19(29-2)18(7-12)26-21(28)14-8-13(10-24-11-14)20(27)25-17-5-4-15(22)9-16(17)23/h3-11H,1-2H3,(H,25,27)(H,26,28). The van der Waals surface area contributed by atoms with Gasteiger partial charge in [0.25, 0.3) is 11.8 Å². The second-order valence-electron chi connectivity index (χ2n) is 6.20. The van der Waals surface area contributed by atoms with Gasteiger partial charge in [-0.05, 0) is 42.8 Å². The summed E-state index contributed by atoms with van der Waals surface area (Å²) in [6.07, 6.45) is 2.54. The number of carbonyl (C=O) groups excluding carboxylic acids is 2. The van der Waals surface area contributed by atoms with Crippen LogP contribution in [0.4, 0.5) is 20.2 Å². The molecule has 0 fully saturated rings. The second-order valence-corrected chi connectivity index (χ2v) is 6.20. The van der Waals surface area contributed by atoms with Gasteiger partial charge in [0.1, 0.15) is 17.4 Å². The van der Waals surface area contributed by atoms with Gasteiger partial charge in [0.15, 0.2) is 0 Å². The van der Waals surface area contributed by atoms with E-state index in [1.54, 1.807) is 12.1 Å². The van der Waals surface area contributed by atoms with E-state index < -0.39 is 23.4 Å². The molecule has 3 rings (SSSR count). The van der Waals surface area contributed by atoms with E-state index in [9.17, 15) is 18.4 Å². The minimum absolute atomic E-state index is 0.0394. The molecule has 0 saturated carbocycles. The lowest BCUT2D eigenvalue weighted by atomic mass is 10.1. The molecule has 0 aliphatic carbocycles. The van der Waals surface area contributed by atoms with Crippen LogP contribution in [0.2, 0.25) is 0 Å². The number of halogens is 2. The smallest absolute Gasteiger partial charge is 0.257 e. The van der Waals surface area contributed by atoms with E-state index in [4.69, 9.17) is 4.74 Å². The summed E-state index contributed by atoms with van der Waals surface area (Å²) in [7, 11) is 1.49. The number of anilines is 2. The Morgan fingerprint density at radius 1 is 0.897 bits per heavy atom. The van der Waals surface area contributed by atoms with Crippen molar-refractivity contribution in [3.8, 4) is 5.75 Å². The molecule has 2 aromatic carbocycles. The zero-order valence-corrected chi connectivity index (χ0v) is 15.6. The number of carbonyl (C=O) groups is 2. The molecule has 6 nitrogen and oxygen atoms in total. The summed E-state index contributed by atoms with van der Waals surface area (Å²) in [5.41, 5.74) is 1.38. The van der Waals surface area contributed by atoms with Gasteiger partial charge in [-0.1, -0.05) is 6.07 Å². The predicted molar refractivity (Wildman–Crippen MR) is 104 cm³/mol. The number of aromatic nitrogens is 1. The fraction of sp³-hybridized carbons (Fsp3) is 0.0952. The van der Waals surface area contributed by atoms with Crippen LogP contribution in [0.15, 0.2) is 54.9 Å². The number of nitrogens with one attached hydrogen (secondary N) is 2. The highest BCUT2D eigenvalue weighted by atomic mass is 19.1. The third kappa shape index (κ3) is 4.73. The molecule has 0 radical (unpaired) electrons. The molecule has 2 N–H and O–H groups in total. The monoisotopic (exact) mass is 397 g/mol. The Morgan fingerprint density at radius 2 is 1.55 bits per heavy atom. The molecule has 1 heterocycles. The largest absolute Gasteiger partial charge is 0.495 e. The first-order valence-electron chi connectivity index (χ1n) is 8.55. The van der Waals surface area contributed by atoms with E-state index in [1.807, 2.05) is 13.0 Å². The van der Waals surface area contributed by atoms with Gasteiger partial charge in [-0.15, -0.1) is 0 Å². The molecule has 0 atom stereocenters. The summed E-state index contributed by atoms with van der Waals surface area (Å²) in [5, 5.41) is 5.04. The van der Waals surface area contributed by atoms with Crippen molar-refractivity contribution in [2.24, 2.45) is 0 Å². The molecule has 1 aromatic heterocycles. The van der Waals surface area contributed by atoms with Crippen LogP contribution in [0.25, 0.3) is 0 Å². The number of aryl methyl sites for hydroxylation is 1. The van der Waals surface area contributed by atoms with Crippen LogP contribution >= 0.6 is 0 Å². The van der Waals surface area contributed by atoms with E-state index >= 15 is 0 Å². The van der Waals surface area contributed by atoms with E-state index in [0.29, 0.717) is 17.5 Å². The van der Waals surface area contributed by atoms with Gasteiger partial charge in [-0.25, -0.2) is 8.78 Å². The molecule has 8 heteroatoms. The van der Waals surface area contributed by atoms with Gasteiger partial charge < -0.3 is 15.4 Å². The average Bonchev–Trinajstić information content (AvgIpc) is 2.70. The summed E-state index contributed by atoms with van der Waals surface area (Å²) >= 11 is 0. The molecule has 0 aliphatic heterocycles. The second kappa shape index (κ2) is 8.47.